The number of aliphatic hydroxyl groups is 1. The molecule has 1 unspecified atom stereocenters. The molecule has 2 heteroatoms. The van der Waals surface area contributed by atoms with E-state index in [0.29, 0.717) is 0 Å². The molecule has 0 amide bonds. The minimum Gasteiger partial charge on any atom is -0.497 e. The number of unbranched alkanes of at least 4 members (excludes halogenated alkanes) is 1. The van der Waals surface area contributed by atoms with Gasteiger partial charge in [0.15, 0.2) is 0 Å². The monoisotopic (exact) mass is 417 g/mol. The molecule has 0 aliphatic heterocycles. The molecular formula is C23H35OZr-. The molecule has 2 aliphatic carbocycles. The minimum absolute atomic E-state index is 0. The molecule has 0 aromatic rings. The Hall–Kier alpha value is 0.583. The third-order valence-electron chi connectivity index (χ3n) is 3.54. The summed E-state index contributed by atoms with van der Waals surface area (Å²) in [4.78, 5) is 0. The molecule has 0 heterocycles. The predicted molar refractivity (Wildman–Crippen MR) is 105 cm³/mol. The van der Waals surface area contributed by atoms with Crippen LogP contribution in [-0.2, 0) is 26.2 Å². The Labute approximate surface area is 178 Å². The summed E-state index contributed by atoms with van der Waals surface area (Å²) >= 11 is 0. The van der Waals surface area contributed by atoms with Crippen molar-refractivity contribution >= 4 is 0 Å². The summed E-state index contributed by atoms with van der Waals surface area (Å²) in [5.74, 6) is 0. The van der Waals surface area contributed by atoms with Crippen LogP contribution in [0.3, 0.4) is 0 Å². The Bertz CT molecular complexity index is 242. The Morgan fingerprint density at radius 1 is 0.760 bits per heavy atom. The molecule has 2 rings (SSSR count). The number of allylic oxidation sites excluding steroid dienone is 2. The minimum atomic E-state index is -0.120. The summed E-state index contributed by atoms with van der Waals surface area (Å²) in [6.07, 6.45) is 30.7. The third kappa shape index (κ3) is 20.7. The number of hydrogen-bond acceptors (Lipinski definition) is 1. The normalized spacial score (nSPS) is 17.7. The Morgan fingerprint density at radius 3 is 1.52 bits per heavy atom. The van der Waals surface area contributed by atoms with Gasteiger partial charge in [0.05, 0.1) is 6.10 Å². The van der Waals surface area contributed by atoms with E-state index in [4.69, 9.17) is 0 Å². The second-order valence-electron chi connectivity index (χ2n) is 5.81. The molecule has 2 aliphatic rings. The Balaban J connectivity index is 0. The molecule has 1 atom stereocenters. The van der Waals surface area contributed by atoms with Crippen LogP contribution >= 0.6 is 0 Å². The second-order valence-corrected chi connectivity index (χ2v) is 5.81. The third-order valence-corrected chi connectivity index (χ3v) is 3.54. The zero-order valence-corrected chi connectivity index (χ0v) is 18.7. The molecule has 2 fully saturated rings. The molecule has 138 valence electrons. The predicted octanol–water partition coefficient (Wildman–Crippen LogP) is 5.91. The zero-order chi connectivity index (χ0) is 17.9. The van der Waals surface area contributed by atoms with Gasteiger partial charge in [-0.3, -0.25) is 5.57 Å². The van der Waals surface area contributed by atoms with Crippen molar-refractivity contribution in [2.24, 2.45) is 0 Å². The van der Waals surface area contributed by atoms with Crippen LogP contribution in [0.5, 0.6) is 0 Å². The number of aliphatic hydroxyl groups excluding tert-OH is 1. The summed E-state index contributed by atoms with van der Waals surface area (Å²) in [5, 5.41) is 9.46. The van der Waals surface area contributed by atoms with Gasteiger partial charge in [-0.1, -0.05) is 46.5 Å². The average molecular weight is 419 g/mol. The van der Waals surface area contributed by atoms with Crippen molar-refractivity contribution in [1.29, 1.82) is 0 Å². The first-order chi connectivity index (χ1) is 11.7. The van der Waals surface area contributed by atoms with E-state index in [2.05, 4.69) is 19.9 Å². The topological polar surface area (TPSA) is 20.2 Å². The van der Waals surface area contributed by atoms with Crippen molar-refractivity contribution in [2.75, 3.05) is 0 Å². The van der Waals surface area contributed by atoms with Gasteiger partial charge in [0.2, 0.25) is 0 Å². The molecule has 0 bridgehead atoms. The molecule has 0 saturated heterocycles. The molecule has 2 saturated carbocycles. The first kappa shape index (κ1) is 27.8. The van der Waals surface area contributed by atoms with Gasteiger partial charge in [-0.05, 0) is 77.0 Å². The molecule has 0 aromatic carbocycles. The van der Waals surface area contributed by atoms with Gasteiger partial charge >= 0.3 is 0 Å². The maximum absolute atomic E-state index is 9.46. The number of rotatable bonds is 8. The van der Waals surface area contributed by atoms with Gasteiger partial charge in [-0.15, -0.1) is 0 Å². The van der Waals surface area contributed by atoms with E-state index in [1.807, 2.05) is 71.1 Å². The molecule has 0 spiro atoms. The van der Waals surface area contributed by atoms with Crippen molar-refractivity contribution in [3.63, 3.8) is 0 Å². The fourth-order valence-corrected chi connectivity index (χ4v) is 2.09. The van der Waals surface area contributed by atoms with Crippen LogP contribution in [0.25, 0.3) is 0 Å². The molecule has 25 heavy (non-hydrogen) atoms. The maximum atomic E-state index is 9.46. The standard InChI is InChI=1S/C13H25O.2C5H5.Zr/c1-4-7-9-12(8-5-2)10-11-13(14)6-3;2*1-2-4-5-3-1;/h13-14H,4-8,10-11H2,1-3H3;2*1-5H;/q-1;;;. The van der Waals surface area contributed by atoms with E-state index < -0.39 is 0 Å². The second kappa shape index (κ2) is 22.6. The van der Waals surface area contributed by atoms with Crippen molar-refractivity contribution in [2.45, 2.75) is 71.8 Å². The first-order valence-corrected chi connectivity index (χ1v) is 9.34. The van der Waals surface area contributed by atoms with Crippen molar-refractivity contribution in [1.82, 2.24) is 0 Å². The SMILES string of the molecule is CCC[C-]=C(CCC)CCC(O)CC.[CH]1[CH][CH][CH][CH]1.[CH]1[CH][CH][CH][CH]1.[Zr]. The van der Waals surface area contributed by atoms with Gasteiger partial charge < -0.3 is 11.2 Å². The zero-order valence-electron chi connectivity index (χ0n) is 16.2. The van der Waals surface area contributed by atoms with Crippen LogP contribution in [0.1, 0.15) is 65.7 Å². The van der Waals surface area contributed by atoms with Gasteiger partial charge in [0, 0.05) is 26.2 Å². The molecule has 1 nitrogen and oxygen atoms in total. The van der Waals surface area contributed by atoms with Crippen LogP contribution in [-0.4, -0.2) is 11.2 Å². The van der Waals surface area contributed by atoms with Crippen LogP contribution in [0, 0.1) is 70.3 Å². The summed E-state index contributed by atoms with van der Waals surface area (Å²) in [6, 6.07) is 0. The van der Waals surface area contributed by atoms with Crippen molar-refractivity contribution in [3.8, 4) is 0 Å². The van der Waals surface area contributed by atoms with E-state index in [0.717, 1.165) is 32.1 Å². The van der Waals surface area contributed by atoms with Gasteiger partial charge in [-0.25, -0.2) is 0 Å². The molecule has 1 N–H and O–H groups in total. The van der Waals surface area contributed by atoms with Crippen LogP contribution in [0.4, 0.5) is 0 Å². The summed E-state index contributed by atoms with van der Waals surface area (Å²) in [6.45, 7) is 6.41. The largest absolute Gasteiger partial charge is 0.497 e. The Kier molecular flexibility index (Phi) is 25.2. The van der Waals surface area contributed by atoms with E-state index >= 15 is 0 Å². The van der Waals surface area contributed by atoms with Crippen LogP contribution in [0.15, 0.2) is 5.57 Å². The van der Waals surface area contributed by atoms with E-state index in [-0.39, 0.29) is 32.3 Å². The number of hydrogen-bond donors (Lipinski definition) is 1. The molecular weight excluding hydrogens is 383 g/mol. The molecule has 10 radical (unpaired) electrons. The smallest absolute Gasteiger partial charge is 0.0539 e. The van der Waals surface area contributed by atoms with Crippen LogP contribution < -0.4 is 0 Å². The van der Waals surface area contributed by atoms with Crippen molar-refractivity contribution in [3.05, 3.63) is 75.9 Å². The van der Waals surface area contributed by atoms with Gasteiger partial charge in [-0.2, -0.15) is 6.42 Å². The van der Waals surface area contributed by atoms with Gasteiger partial charge in [0.1, 0.15) is 0 Å². The maximum Gasteiger partial charge on any atom is 0.0539 e. The van der Waals surface area contributed by atoms with E-state index in [1.165, 1.54) is 18.4 Å². The van der Waals surface area contributed by atoms with E-state index in [1.54, 1.807) is 0 Å². The van der Waals surface area contributed by atoms with E-state index in [9.17, 15) is 5.11 Å². The average Bonchev–Trinajstić information content (AvgIpc) is 3.34. The molecule has 0 aromatic heterocycles. The van der Waals surface area contributed by atoms with Crippen LogP contribution in [0.2, 0.25) is 0 Å². The quantitative estimate of drug-likeness (QED) is 0.486. The summed E-state index contributed by atoms with van der Waals surface area (Å²) in [5.41, 5.74) is 1.42. The summed E-state index contributed by atoms with van der Waals surface area (Å²) < 4.78 is 0. The summed E-state index contributed by atoms with van der Waals surface area (Å²) in [7, 11) is 0. The fourth-order valence-electron chi connectivity index (χ4n) is 2.09. The van der Waals surface area contributed by atoms with Gasteiger partial charge in [0.25, 0.3) is 0 Å². The first-order valence-electron chi connectivity index (χ1n) is 9.34. The fraction of sp³-hybridized carbons (Fsp3) is 0.478. The van der Waals surface area contributed by atoms with Crippen molar-refractivity contribution < 1.29 is 31.3 Å². The Morgan fingerprint density at radius 2 is 1.20 bits per heavy atom.